The molecule has 3 rings (SSSR count). The zero-order chi connectivity index (χ0) is 11.0. The van der Waals surface area contributed by atoms with Crippen LogP contribution in [0.2, 0.25) is 0 Å². The zero-order valence-corrected chi connectivity index (χ0v) is 9.44. The van der Waals surface area contributed by atoms with E-state index >= 15 is 0 Å². The molecule has 6 heteroatoms. The summed E-state index contributed by atoms with van der Waals surface area (Å²) in [5.41, 5.74) is 4.47. The molecule has 0 spiro atoms. The number of nitrogens with zero attached hydrogens (tertiary/aromatic N) is 3. The van der Waals surface area contributed by atoms with Crippen molar-refractivity contribution in [3.05, 3.63) is 36.2 Å². The van der Waals surface area contributed by atoms with E-state index in [0.717, 1.165) is 10.9 Å². The maximum absolute atomic E-state index is 5.12. The molecule has 0 radical (unpaired) electrons. The van der Waals surface area contributed by atoms with Crippen molar-refractivity contribution in [2.75, 3.05) is 12.5 Å². The Labute approximate surface area is 96.8 Å². The lowest BCUT2D eigenvalue weighted by Gasteiger charge is -2.10. The van der Waals surface area contributed by atoms with Gasteiger partial charge in [-0.25, -0.2) is 4.68 Å². The van der Waals surface area contributed by atoms with Gasteiger partial charge in [-0.15, -0.1) is 10.2 Å². The molecule has 2 heterocycles. The number of hydrogen-bond acceptors (Lipinski definition) is 5. The number of ether oxygens (including phenoxy) is 1. The van der Waals surface area contributed by atoms with E-state index in [1.54, 1.807) is 25.2 Å². The highest BCUT2D eigenvalue weighted by Gasteiger charge is 2.24. The molecule has 1 aliphatic rings. The monoisotopic (exact) mass is 234 g/mol. The van der Waals surface area contributed by atoms with E-state index in [1.807, 2.05) is 28.9 Å². The quantitative estimate of drug-likeness (QED) is 0.856. The summed E-state index contributed by atoms with van der Waals surface area (Å²) in [7, 11) is 1.67. The number of thioether (sulfide) groups is 1. The topological polar surface area (TPSA) is 52.0 Å². The van der Waals surface area contributed by atoms with Gasteiger partial charge in [-0.2, -0.15) is 0 Å². The first kappa shape index (κ1) is 9.53. The number of fused-ring (bicyclic) bond motifs is 1. The highest BCUT2D eigenvalue weighted by atomic mass is 32.2. The zero-order valence-electron chi connectivity index (χ0n) is 8.62. The van der Waals surface area contributed by atoms with Crippen LogP contribution in [0.1, 0.15) is 10.9 Å². The van der Waals surface area contributed by atoms with Gasteiger partial charge in [0, 0.05) is 0 Å². The van der Waals surface area contributed by atoms with Gasteiger partial charge in [-0.05, 0) is 17.7 Å². The first-order valence-corrected chi connectivity index (χ1v) is 5.72. The van der Waals surface area contributed by atoms with Crippen molar-refractivity contribution < 1.29 is 4.74 Å². The maximum Gasteiger partial charge on any atom is 0.212 e. The van der Waals surface area contributed by atoms with E-state index in [4.69, 9.17) is 4.74 Å². The van der Waals surface area contributed by atoms with E-state index in [9.17, 15) is 0 Å². The smallest absolute Gasteiger partial charge is 0.212 e. The summed E-state index contributed by atoms with van der Waals surface area (Å²) in [6, 6.07) is 8.00. The van der Waals surface area contributed by atoms with Crippen LogP contribution in [0.15, 0.2) is 35.7 Å². The van der Waals surface area contributed by atoms with Gasteiger partial charge in [0.25, 0.3) is 0 Å². The third-order valence-corrected chi connectivity index (χ3v) is 3.52. The molecule has 1 aliphatic heterocycles. The minimum absolute atomic E-state index is 0.191. The van der Waals surface area contributed by atoms with Crippen molar-refractivity contribution in [3.63, 3.8) is 0 Å². The summed E-state index contributed by atoms with van der Waals surface area (Å²) in [6.45, 7) is 0. The molecule has 0 saturated carbocycles. The Morgan fingerprint density at radius 3 is 2.88 bits per heavy atom. The second-order valence-corrected chi connectivity index (χ2v) is 4.46. The molecule has 1 N–H and O–H groups in total. The van der Waals surface area contributed by atoms with E-state index in [2.05, 4.69) is 15.6 Å². The summed E-state index contributed by atoms with van der Waals surface area (Å²) in [6.07, 6.45) is 1.67. The molecule has 0 saturated heterocycles. The summed E-state index contributed by atoms with van der Waals surface area (Å²) in [5.74, 6) is 0.867. The van der Waals surface area contributed by atoms with Gasteiger partial charge in [-0.1, -0.05) is 23.9 Å². The Hall–Kier alpha value is -1.69. The first-order chi connectivity index (χ1) is 7.86. The standard InChI is InChI=1S/C10H10N4OS/c1-15-8-4-2-7(3-5-8)9-13-14-6-11-12-10(14)16-9/h2-6,9,13H,1H3. The molecule has 0 aliphatic carbocycles. The van der Waals surface area contributed by atoms with Crippen LogP contribution in [0.5, 0.6) is 5.75 Å². The van der Waals surface area contributed by atoms with Crippen LogP contribution in [-0.4, -0.2) is 22.0 Å². The number of nitrogens with one attached hydrogen (secondary N) is 1. The highest BCUT2D eigenvalue weighted by Crippen LogP contribution is 2.37. The normalized spacial score (nSPS) is 17.9. The van der Waals surface area contributed by atoms with Crippen molar-refractivity contribution in [1.29, 1.82) is 0 Å². The van der Waals surface area contributed by atoms with Crippen molar-refractivity contribution in [2.45, 2.75) is 10.5 Å². The summed E-state index contributed by atoms with van der Waals surface area (Å²) < 4.78 is 6.96. The number of rotatable bonds is 2. The SMILES string of the molecule is COc1ccc(C2Nn3cnnc3S2)cc1. The molecule has 16 heavy (non-hydrogen) atoms. The van der Waals surface area contributed by atoms with Crippen molar-refractivity contribution in [1.82, 2.24) is 14.9 Å². The Balaban J connectivity index is 1.82. The van der Waals surface area contributed by atoms with Gasteiger partial charge in [0.15, 0.2) is 0 Å². The van der Waals surface area contributed by atoms with Crippen LogP contribution in [0, 0.1) is 0 Å². The predicted octanol–water partition coefficient (Wildman–Crippen LogP) is 1.63. The van der Waals surface area contributed by atoms with Crippen LogP contribution in [-0.2, 0) is 0 Å². The number of hydrogen-bond donors (Lipinski definition) is 1. The molecule has 82 valence electrons. The van der Waals surface area contributed by atoms with Gasteiger partial charge in [0.2, 0.25) is 5.16 Å². The molecule has 0 fully saturated rings. The Kier molecular flexibility index (Phi) is 2.21. The molecule has 0 bridgehead atoms. The Morgan fingerprint density at radius 2 is 2.19 bits per heavy atom. The first-order valence-electron chi connectivity index (χ1n) is 4.84. The fourth-order valence-corrected chi connectivity index (χ4v) is 2.55. The fraction of sp³-hybridized carbons (Fsp3) is 0.200. The van der Waals surface area contributed by atoms with Gasteiger partial charge in [0.1, 0.15) is 17.5 Å². The number of benzene rings is 1. The average molecular weight is 234 g/mol. The van der Waals surface area contributed by atoms with Crippen LogP contribution < -0.4 is 10.2 Å². The van der Waals surface area contributed by atoms with Crippen LogP contribution in [0.4, 0.5) is 0 Å². The van der Waals surface area contributed by atoms with Gasteiger partial charge in [0.05, 0.1) is 7.11 Å². The Morgan fingerprint density at radius 1 is 1.38 bits per heavy atom. The maximum atomic E-state index is 5.12. The molecule has 1 atom stereocenters. The van der Waals surface area contributed by atoms with Crippen LogP contribution in [0.3, 0.4) is 0 Å². The minimum atomic E-state index is 0.191. The second-order valence-electron chi connectivity index (χ2n) is 3.38. The molecule has 1 unspecified atom stereocenters. The van der Waals surface area contributed by atoms with Crippen LogP contribution >= 0.6 is 11.8 Å². The van der Waals surface area contributed by atoms with E-state index < -0.39 is 0 Å². The predicted molar refractivity (Wildman–Crippen MR) is 61.0 cm³/mol. The lowest BCUT2D eigenvalue weighted by atomic mass is 10.2. The lowest BCUT2D eigenvalue weighted by molar-refractivity contribution is 0.414. The third kappa shape index (κ3) is 1.51. The molecule has 1 aromatic heterocycles. The van der Waals surface area contributed by atoms with Crippen molar-refractivity contribution in [3.8, 4) is 5.75 Å². The molecule has 5 nitrogen and oxygen atoms in total. The van der Waals surface area contributed by atoms with E-state index in [-0.39, 0.29) is 5.37 Å². The molecular weight excluding hydrogens is 224 g/mol. The van der Waals surface area contributed by atoms with Gasteiger partial charge >= 0.3 is 0 Å². The fourth-order valence-electron chi connectivity index (χ4n) is 1.57. The van der Waals surface area contributed by atoms with Crippen molar-refractivity contribution >= 4 is 11.8 Å². The van der Waals surface area contributed by atoms with E-state index in [0.29, 0.717) is 0 Å². The Bertz CT molecular complexity index is 475. The minimum Gasteiger partial charge on any atom is -0.497 e. The summed E-state index contributed by atoms with van der Waals surface area (Å²) >= 11 is 1.65. The molecule has 1 aromatic carbocycles. The number of methoxy groups -OCH3 is 1. The lowest BCUT2D eigenvalue weighted by Crippen LogP contribution is -2.10. The molecule has 2 aromatic rings. The third-order valence-electron chi connectivity index (χ3n) is 2.41. The highest BCUT2D eigenvalue weighted by molar-refractivity contribution is 7.99. The molecule has 0 amide bonds. The second kappa shape index (κ2) is 3.71. The summed E-state index contributed by atoms with van der Waals surface area (Å²) in [5, 5.41) is 8.88. The van der Waals surface area contributed by atoms with Crippen LogP contribution in [0.25, 0.3) is 0 Å². The average Bonchev–Trinajstić information content (AvgIpc) is 2.89. The van der Waals surface area contributed by atoms with E-state index in [1.165, 1.54) is 5.56 Å². The molecular formula is C10H10N4OS. The van der Waals surface area contributed by atoms with Gasteiger partial charge in [-0.3, -0.25) is 0 Å². The van der Waals surface area contributed by atoms with Gasteiger partial charge < -0.3 is 10.2 Å². The van der Waals surface area contributed by atoms with Crippen molar-refractivity contribution in [2.24, 2.45) is 0 Å². The summed E-state index contributed by atoms with van der Waals surface area (Å²) in [4.78, 5) is 0. The largest absolute Gasteiger partial charge is 0.497 e. The number of aromatic nitrogens is 3.